The van der Waals surface area contributed by atoms with E-state index < -0.39 is 30.5 Å². The zero-order valence-corrected chi connectivity index (χ0v) is 14.6. The van der Waals surface area contributed by atoms with Crippen molar-refractivity contribution in [1.82, 2.24) is 4.90 Å². The molecule has 142 valence electrons. The van der Waals surface area contributed by atoms with Crippen LogP contribution in [0.3, 0.4) is 0 Å². The van der Waals surface area contributed by atoms with Gasteiger partial charge in [0.05, 0.1) is 24.3 Å². The molecule has 0 unspecified atom stereocenters. The van der Waals surface area contributed by atoms with Gasteiger partial charge in [0.1, 0.15) is 6.04 Å². The summed E-state index contributed by atoms with van der Waals surface area (Å²) >= 11 is 0. The number of hydrogen-bond donors (Lipinski definition) is 1. The fourth-order valence-electron chi connectivity index (χ4n) is 3.48. The average Bonchev–Trinajstić information content (AvgIpc) is 2.72. The highest BCUT2D eigenvalue weighted by atomic mass is 19.4. The third kappa shape index (κ3) is 4.00. The van der Waals surface area contributed by atoms with Crippen LogP contribution in [0.1, 0.15) is 26.2 Å². The molecule has 0 saturated carbocycles. The third-order valence-corrected chi connectivity index (χ3v) is 5.01. The first-order valence-electron chi connectivity index (χ1n) is 8.75. The molecule has 0 aliphatic carbocycles. The number of piperidine rings is 1. The molecule has 1 saturated heterocycles. The van der Waals surface area contributed by atoms with E-state index in [0.29, 0.717) is 19.0 Å². The summed E-state index contributed by atoms with van der Waals surface area (Å²) in [5.41, 5.74) is 0.320. The Labute approximate surface area is 150 Å². The van der Waals surface area contributed by atoms with Gasteiger partial charge >= 0.3 is 6.18 Å². The Morgan fingerprint density at radius 2 is 1.88 bits per heavy atom. The van der Waals surface area contributed by atoms with Gasteiger partial charge in [-0.3, -0.25) is 19.4 Å². The van der Waals surface area contributed by atoms with Gasteiger partial charge < -0.3 is 5.32 Å². The minimum Gasteiger partial charge on any atom is -0.324 e. The molecule has 0 spiro atoms. The van der Waals surface area contributed by atoms with Crippen LogP contribution >= 0.6 is 0 Å². The van der Waals surface area contributed by atoms with Crippen LogP contribution < -0.4 is 10.2 Å². The summed E-state index contributed by atoms with van der Waals surface area (Å²) in [6.45, 7) is 3.43. The molecule has 1 atom stereocenters. The van der Waals surface area contributed by atoms with E-state index >= 15 is 0 Å². The molecule has 5 nitrogen and oxygen atoms in total. The zero-order valence-electron chi connectivity index (χ0n) is 14.6. The molecule has 1 aromatic carbocycles. The minimum atomic E-state index is -4.69. The normalized spacial score (nSPS) is 22.5. The van der Waals surface area contributed by atoms with Gasteiger partial charge in [0, 0.05) is 0 Å². The van der Waals surface area contributed by atoms with Gasteiger partial charge in [-0.05, 0) is 44.0 Å². The number of alkyl halides is 3. The van der Waals surface area contributed by atoms with Crippen LogP contribution in [0.2, 0.25) is 0 Å². The van der Waals surface area contributed by atoms with E-state index in [4.69, 9.17) is 0 Å². The second-order valence-corrected chi connectivity index (χ2v) is 7.05. The van der Waals surface area contributed by atoms with Crippen LogP contribution in [0.25, 0.3) is 0 Å². The number of nitrogens with zero attached hydrogens (tertiary/aromatic N) is 2. The van der Waals surface area contributed by atoms with Crippen molar-refractivity contribution < 1.29 is 22.8 Å². The first kappa shape index (κ1) is 18.7. The van der Waals surface area contributed by atoms with Crippen LogP contribution in [0.15, 0.2) is 24.3 Å². The first-order chi connectivity index (χ1) is 12.3. The van der Waals surface area contributed by atoms with Gasteiger partial charge in [0.15, 0.2) is 0 Å². The number of hydrogen-bond acceptors (Lipinski definition) is 3. The second-order valence-electron chi connectivity index (χ2n) is 7.05. The Balaban J connectivity index is 1.91. The average molecular weight is 369 g/mol. The molecule has 26 heavy (non-hydrogen) atoms. The number of carbonyl (C=O) groups excluding carboxylic acids is 2. The van der Waals surface area contributed by atoms with Crippen molar-refractivity contribution in [1.29, 1.82) is 0 Å². The quantitative estimate of drug-likeness (QED) is 0.872. The van der Waals surface area contributed by atoms with E-state index in [1.807, 2.05) is 4.90 Å². The van der Waals surface area contributed by atoms with Crippen molar-refractivity contribution in [2.45, 2.75) is 38.4 Å². The highest BCUT2D eigenvalue weighted by molar-refractivity contribution is 6.05. The van der Waals surface area contributed by atoms with E-state index in [0.717, 1.165) is 17.7 Å². The van der Waals surface area contributed by atoms with Crippen LogP contribution in [0.4, 0.5) is 24.5 Å². The van der Waals surface area contributed by atoms with E-state index in [1.165, 1.54) is 12.1 Å². The number of carbonyl (C=O) groups is 2. The zero-order chi connectivity index (χ0) is 18.9. The molecule has 0 aromatic heterocycles. The Kier molecular flexibility index (Phi) is 5.22. The molecule has 1 aromatic rings. The molecular weight excluding hydrogens is 347 g/mol. The Morgan fingerprint density at radius 1 is 1.23 bits per heavy atom. The fourth-order valence-corrected chi connectivity index (χ4v) is 3.48. The first-order valence-corrected chi connectivity index (χ1v) is 8.75. The summed E-state index contributed by atoms with van der Waals surface area (Å²) in [6, 6.07) is 3.96. The van der Waals surface area contributed by atoms with Crippen LogP contribution in [-0.4, -0.2) is 48.6 Å². The summed E-state index contributed by atoms with van der Waals surface area (Å²) in [5, 5.41) is 2.47. The lowest BCUT2D eigenvalue weighted by Gasteiger charge is -2.35. The smallest absolute Gasteiger partial charge is 0.324 e. The van der Waals surface area contributed by atoms with Crippen molar-refractivity contribution in [3.05, 3.63) is 24.3 Å². The van der Waals surface area contributed by atoms with Gasteiger partial charge in [0.2, 0.25) is 11.8 Å². The van der Waals surface area contributed by atoms with Gasteiger partial charge in [0.25, 0.3) is 0 Å². The van der Waals surface area contributed by atoms with Crippen LogP contribution in [0, 0.1) is 5.92 Å². The van der Waals surface area contributed by atoms with Crippen molar-refractivity contribution in [3.63, 3.8) is 0 Å². The molecule has 1 N–H and O–H groups in total. The lowest BCUT2D eigenvalue weighted by atomic mass is 9.99. The molecule has 0 radical (unpaired) electrons. The lowest BCUT2D eigenvalue weighted by molar-refractivity contribution is -0.158. The molecule has 2 amide bonds. The molecule has 2 heterocycles. The predicted octanol–water partition coefficient (Wildman–Crippen LogP) is 3.02. The SMILES string of the molecule is CC1CCN(CC(=O)N2c3ccccc3NC(=O)C[C@@H]2C(F)(F)F)CC1. The summed E-state index contributed by atoms with van der Waals surface area (Å²) in [5.74, 6) is -0.822. The maximum absolute atomic E-state index is 13.6. The van der Waals surface area contributed by atoms with E-state index in [1.54, 1.807) is 12.1 Å². The molecule has 0 bridgehead atoms. The van der Waals surface area contributed by atoms with Crippen LogP contribution in [-0.2, 0) is 9.59 Å². The third-order valence-electron chi connectivity index (χ3n) is 5.01. The minimum absolute atomic E-state index is 0.0815. The van der Waals surface area contributed by atoms with E-state index in [-0.39, 0.29) is 17.9 Å². The highest BCUT2D eigenvalue weighted by Gasteiger charge is 2.49. The predicted molar refractivity (Wildman–Crippen MR) is 91.9 cm³/mol. The molecule has 1 fully saturated rings. The Morgan fingerprint density at radius 3 is 2.54 bits per heavy atom. The number of benzene rings is 1. The monoisotopic (exact) mass is 369 g/mol. The van der Waals surface area contributed by atoms with Gasteiger partial charge in [-0.15, -0.1) is 0 Å². The van der Waals surface area contributed by atoms with Gasteiger partial charge in [-0.2, -0.15) is 13.2 Å². The van der Waals surface area contributed by atoms with Crippen molar-refractivity contribution >= 4 is 23.2 Å². The topological polar surface area (TPSA) is 52.7 Å². The Bertz CT molecular complexity index is 685. The van der Waals surface area contributed by atoms with Crippen molar-refractivity contribution in [2.24, 2.45) is 5.92 Å². The number of para-hydroxylation sites is 2. The van der Waals surface area contributed by atoms with E-state index in [2.05, 4.69) is 12.2 Å². The lowest BCUT2D eigenvalue weighted by Crippen LogP contribution is -2.53. The number of amides is 2. The van der Waals surface area contributed by atoms with Gasteiger partial charge in [-0.25, -0.2) is 0 Å². The number of anilines is 2. The summed E-state index contributed by atoms with van der Waals surface area (Å²) in [4.78, 5) is 27.5. The number of fused-ring (bicyclic) bond motifs is 1. The summed E-state index contributed by atoms with van der Waals surface area (Å²) in [6.07, 6.45) is -3.65. The number of halogens is 3. The number of nitrogens with one attached hydrogen (secondary N) is 1. The fraction of sp³-hybridized carbons (Fsp3) is 0.556. The maximum Gasteiger partial charge on any atom is 0.409 e. The maximum atomic E-state index is 13.6. The van der Waals surface area contributed by atoms with Gasteiger partial charge in [-0.1, -0.05) is 19.1 Å². The molecule has 8 heteroatoms. The molecular formula is C18H22F3N3O2. The Hall–Kier alpha value is -2.09. The number of rotatable bonds is 2. The molecule has 2 aliphatic rings. The summed E-state index contributed by atoms with van der Waals surface area (Å²) in [7, 11) is 0. The standard InChI is InChI=1S/C18H22F3N3O2/c1-12-6-8-23(9-7-12)11-17(26)24-14-5-3-2-4-13(14)22-16(25)10-15(24)18(19,20)21/h2-5,12,15H,6-11H2,1H3,(H,22,25)/t15-/m1/s1. The van der Waals surface area contributed by atoms with E-state index in [9.17, 15) is 22.8 Å². The largest absolute Gasteiger partial charge is 0.409 e. The number of likely N-dealkylation sites (tertiary alicyclic amines) is 1. The summed E-state index contributed by atoms with van der Waals surface area (Å²) < 4.78 is 40.9. The molecule has 3 rings (SSSR count). The van der Waals surface area contributed by atoms with Crippen molar-refractivity contribution in [3.8, 4) is 0 Å². The second kappa shape index (κ2) is 7.26. The van der Waals surface area contributed by atoms with Crippen molar-refractivity contribution in [2.75, 3.05) is 29.9 Å². The highest BCUT2D eigenvalue weighted by Crippen LogP contribution is 2.37. The van der Waals surface area contributed by atoms with Crippen LogP contribution in [0.5, 0.6) is 0 Å². The molecule has 2 aliphatic heterocycles.